The number of carbonyl (C=O) groups is 6. The molecule has 128 heavy (non-hydrogen) atoms. The number of ether oxygens (including phenoxy) is 6. The van der Waals surface area contributed by atoms with E-state index in [9.17, 15) is 44.1 Å². The summed E-state index contributed by atoms with van der Waals surface area (Å²) in [6, 6.07) is 0. The summed E-state index contributed by atoms with van der Waals surface area (Å²) in [7, 11) is 0. The van der Waals surface area contributed by atoms with Crippen LogP contribution in [-0.2, 0) is 57.2 Å². The van der Waals surface area contributed by atoms with Crippen LogP contribution in [0.4, 0.5) is 0 Å². The van der Waals surface area contributed by atoms with Crippen LogP contribution in [0, 0.1) is 5.92 Å². The van der Waals surface area contributed by atoms with Gasteiger partial charge >= 0.3 is 35.8 Å². The van der Waals surface area contributed by atoms with Crippen LogP contribution in [0.3, 0.4) is 0 Å². The summed E-state index contributed by atoms with van der Waals surface area (Å²) in [6.45, 7) is 21.6. The molecule has 0 aliphatic rings. The standard InChI is InChI=1S/C19H36O2.C18H36O5.C18H36O4.2C18H34O3.C18H34O2/c1-4-6-7-8-9-10-11-12-13-14-15-16-17-18(3)19(20)21-5-2;1-2-23-18(22)14-10-5-3-4-8-12-16(20)17(21)13-9-6-7-11-15-19;1-2-22-18(21)15-11-6-4-3-5-9-13-17(20)14-10-7-8-12-16-19;2*1-2-21-18(20)16-14-12-10-8-6-4-3-5-7-9-11-13-15-17-19;1-3-5-6-7-8-9-10-11-12-13-14-15-16-17-18(19)20-4-2/h10-11,18H,4-9,12-17H2,1-3H3;16-17,19-21H,2-15H2,1H3;17,19-20H,2-16H2,1H3;2*3,5,19H,2,4,6-17H2,1H3;9-10H,3-8,11-17H2,1-2H3/b11-10+;;;5-3+;5-3-;10-9-. The van der Waals surface area contributed by atoms with Crippen LogP contribution < -0.4 is 0 Å². The highest BCUT2D eigenvalue weighted by atomic mass is 16.6. The molecule has 0 aromatic rings. The molecule has 0 aliphatic heterocycles. The third kappa shape index (κ3) is 128. The Morgan fingerprint density at radius 1 is 0.211 bits per heavy atom. The topological polar surface area (TPSA) is 299 Å². The molecule has 4 atom stereocenters. The molecule has 19 nitrogen and oxygen atoms in total. The summed E-state index contributed by atoms with van der Waals surface area (Å²) in [5, 5.41) is 64.3. The van der Waals surface area contributed by atoms with Crippen LogP contribution in [0.15, 0.2) is 48.6 Å². The minimum Gasteiger partial charge on any atom is -0.466 e. The molecule has 0 amide bonds. The van der Waals surface area contributed by atoms with Gasteiger partial charge in [-0.1, -0.05) is 307 Å². The fourth-order valence-corrected chi connectivity index (χ4v) is 14.3. The average Bonchev–Trinajstić information content (AvgIpc) is 0.979. The number of unbranched alkanes of at least 4 members (excludes halogenated alkanes) is 50. The molecule has 0 aliphatic carbocycles. The Morgan fingerprint density at radius 3 is 0.586 bits per heavy atom. The van der Waals surface area contributed by atoms with Gasteiger partial charge in [0.1, 0.15) is 0 Å². The molecule has 7 N–H and O–H groups in total. The minimum absolute atomic E-state index is 0.0384. The molecule has 0 saturated heterocycles. The van der Waals surface area contributed by atoms with Crippen molar-refractivity contribution in [2.45, 2.75) is 543 Å². The second kappa shape index (κ2) is 122. The van der Waals surface area contributed by atoms with E-state index in [0.717, 1.165) is 199 Å². The van der Waals surface area contributed by atoms with Crippen LogP contribution in [-0.4, -0.2) is 156 Å². The van der Waals surface area contributed by atoms with E-state index in [1.807, 2.05) is 48.5 Å². The van der Waals surface area contributed by atoms with E-state index in [2.05, 4.69) is 62.5 Å². The maximum atomic E-state index is 11.4. The van der Waals surface area contributed by atoms with E-state index < -0.39 is 12.2 Å². The van der Waals surface area contributed by atoms with Gasteiger partial charge in [-0.2, -0.15) is 0 Å². The van der Waals surface area contributed by atoms with Crippen LogP contribution in [0.1, 0.15) is 525 Å². The highest BCUT2D eigenvalue weighted by Crippen LogP contribution is 2.20. The number of hydrogen-bond donors (Lipinski definition) is 7. The van der Waals surface area contributed by atoms with Gasteiger partial charge in [0.05, 0.1) is 63.9 Å². The second-order valence-corrected chi connectivity index (χ2v) is 34.6. The molecule has 0 radical (unpaired) electrons. The van der Waals surface area contributed by atoms with Crippen molar-refractivity contribution in [3.05, 3.63) is 48.6 Å². The Balaban J connectivity index is -0.000000349. The second-order valence-electron chi connectivity index (χ2n) is 34.6. The molecule has 0 spiro atoms. The number of hydrogen-bond acceptors (Lipinski definition) is 19. The third-order valence-electron chi connectivity index (χ3n) is 22.2. The SMILES string of the molecule is CCCCCC/C=C/CCCCCCC(C)C(=O)OCC.CCCCCC/C=C\CCCCCCCC(=O)OCC.CCOC(=O)CCCCCCC/C=C/CCCCCCO.CCOC(=O)CCCCCCC/C=C\CCCCCCO.CCOC(=O)CCCCCCCC(O)C(O)CCCCCCO.CCOC(=O)CCCCCCCCC(O)CCCCCCO. The summed E-state index contributed by atoms with van der Waals surface area (Å²) in [6.07, 6.45) is 95.2. The quantitative estimate of drug-likeness (QED) is 0.0129. The maximum Gasteiger partial charge on any atom is 0.308 e. The molecule has 0 aromatic heterocycles. The molecule has 760 valence electrons. The van der Waals surface area contributed by atoms with Gasteiger partial charge in [-0.05, 0) is 234 Å². The molecule has 0 rings (SSSR count). The van der Waals surface area contributed by atoms with Crippen molar-refractivity contribution in [2.24, 2.45) is 5.92 Å². The lowest BCUT2D eigenvalue weighted by Crippen LogP contribution is -2.25. The highest BCUT2D eigenvalue weighted by Gasteiger charge is 2.16. The lowest BCUT2D eigenvalue weighted by molar-refractivity contribution is -0.148. The fourth-order valence-electron chi connectivity index (χ4n) is 14.3. The van der Waals surface area contributed by atoms with Gasteiger partial charge in [-0.15, -0.1) is 0 Å². The van der Waals surface area contributed by atoms with E-state index in [-0.39, 0.29) is 61.1 Å². The molecule has 0 fully saturated rings. The number of aliphatic hydroxyl groups excluding tert-OH is 7. The zero-order valence-electron chi connectivity index (χ0n) is 84.9. The summed E-state index contributed by atoms with van der Waals surface area (Å²) >= 11 is 0. The Hall–Kier alpha value is -4.50. The predicted octanol–water partition coefficient (Wildman–Crippen LogP) is 28.3. The number of carbonyl (C=O) groups excluding carboxylic acids is 6. The van der Waals surface area contributed by atoms with Crippen molar-refractivity contribution < 1.29 is 92.9 Å². The Morgan fingerprint density at radius 2 is 0.383 bits per heavy atom. The number of esters is 6. The summed E-state index contributed by atoms with van der Waals surface area (Å²) < 4.78 is 29.5. The molecular formula is C109H210O19. The molecular weight excluding hydrogens is 1610 g/mol. The number of rotatable bonds is 90. The zero-order valence-corrected chi connectivity index (χ0v) is 84.9. The predicted molar refractivity (Wildman–Crippen MR) is 536 cm³/mol. The fraction of sp³-hybridized carbons (Fsp3) is 0.872. The molecule has 0 aromatic carbocycles. The van der Waals surface area contributed by atoms with Gasteiger partial charge in [-0.25, -0.2) is 0 Å². The lowest BCUT2D eigenvalue weighted by Gasteiger charge is -2.17. The van der Waals surface area contributed by atoms with Gasteiger partial charge in [0, 0.05) is 58.5 Å². The normalized spacial score (nSPS) is 12.1. The van der Waals surface area contributed by atoms with Gasteiger partial charge in [0.2, 0.25) is 0 Å². The van der Waals surface area contributed by atoms with E-state index in [0.29, 0.717) is 97.8 Å². The Kier molecular flexibility index (Phi) is 128. The maximum absolute atomic E-state index is 11.4. The van der Waals surface area contributed by atoms with E-state index in [1.165, 1.54) is 218 Å². The number of aliphatic hydroxyl groups is 7. The monoisotopic (exact) mass is 1820 g/mol. The van der Waals surface area contributed by atoms with Crippen molar-refractivity contribution >= 4 is 35.8 Å². The molecule has 19 heteroatoms. The van der Waals surface area contributed by atoms with Crippen LogP contribution >= 0.6 is 0 Å². The van der Waals surface area contributed by atoms with E-state index >= 15 is 0 Å². The number of allylic oxidation sites excluding steroid dienone is 8. The van der Waals surface area contributed by atoms with Crippen molar-refractivity contribution in [1.82, 2.24) is 0 Å². The highest BCUT2D eigenvalue weighted by molar-refractivity contribution is 5.72. The van der Waals surface area contributed by atoms with Gasteiger partial charge < -0.3 is 64.2 Å². The van der Waals surface area contributed by atoms with E-state index in [4.69, 9.17) is 48.8 Å². The molecule has 0 bridgehead atoms. The van der Waals surface area contributed by atoms with Crippen molar-refractivity contribution in [3.8, 4) is 0 Å². The first kappa shape index (κ1) is 134. The first-order valence-electron chi connectivity index (χ1n) is 53.5. The summed E-state index contributed by atoms with van der Waals surface area (Å²) in [4.78, 5) is 67.1. The van der Waals surface area contributed by atoms with Crippen molar-refractivity contribution in [3.63, 3.8) is 0 Å². The van der Waals surface area contributed by atoms with Crippen molar-refractivity contribution in [2.75, 3.05) is 66.1 Å². The smallest absolute Gasteiger partial charge is 0.308 e. The van der Waals surface area contributed by atoms with Crippen LogP contribution in [0.5, 0.6) is 0 Å². The summed E-state index contributed by atoms with van der Waals surface area (Å²) in [5.74, 6) is -0.330. The Labute approximate surface area is 788 Å². The van der Waals surface area contributed by atoms with E-state index in [1.54, 1.807) is 0 Å². The minimum atomic E-state index is -0.632. The largest absolute Gasteiger partial charge is 0.466 e. The zero-order chi connectivity index (χ0) is 95.7. The van der Waals surface area contributed by atoms with Crippen LogP contribution in [0.25, 0.3) is 0 Å². The van der Waals surface area contributed by atoms with Crippen LogP contribution in [0.2, 0.25) is 0 Å². The van der Waals surface area contributed by atoms with Gasteiger partial charge in [-0.3, -0.25) is 28.8 Å². The lowest BCUT2D eigenvalue weighted by atomic mass is 10.00. The average molecular weight is 1820 g/mol. The van der Waals surface area contributed by atoms with Crippen molar-refractivity contribution in [1.29, 1.82) is 0 Å². The molecule has 0 saturated carbocycles. The third-order valence-corrected chi connectivity index (χ3v) is 22.2. The first-order valence-corrected chi connectivity index (χ1v) is 53.5. The summed E-state index contributed by atoms with van der Waals surface area (Å²) in [5.41, 5.74) is 0. The molecule has 0 heterocycles. The van der Waals surface area contributed by atoms with Gasteiger partial charge in [0.25, 0.3) is 0 Å². The Bertz CT molecular complexity index is 2260. The first-order chi connectivity index (χ1) is 62.5. The molecule has 4 unspecified atom stereocenters. The van der Waals surface area contributed by atoms with Gasteiger partial charge in [0.15, 0.2) is 0 Å².